The van der Waals surface area contributed by atoms with Crippen molar-refractivity contribution in [1.82, 2.24) is 5.32 Å². The van der Waals surface area contributed by atoms with Crippen LogP contribution in [0.3, 0.4) is 0 Å². The molecule has 0 aromatic heterocycles. The van der Waals surface area contributed by atoms with Gasteiger partial charge >= 0.3 is 0 Å². The highest BCUT2D eigenvalue weighted by atomic mass is 14.9. The van der Waals surface area contributed by atoms with Gasteiger partial charge in [0, 0.05) is 6.04 Å². The standard InChI is InChI=1S/C13H27N/c1-5-7-8-9-12(14-6-2)11-10-13(11,3)4/h11-12,14H,5-10H2,1-4H3. The van der Waals surface area contributed by atoms with Gasteiger partial charge in [-0.1, -0.05) is 47.0 Å². The first-order valence-corrected chi connectivity index (χ1v) is 6.35. The van der Waals surface area contributed by atoms with E-state index in [-0.39, 0.29) is 0 Å². The Kier molecular flexibility index (Phi) is 4.43. The third kappa shape index (κ3) is 3.27. The molecule has 0 bridgehead atoms. The van der Waals surface area contributed by atoms with Crippen LogP contribution in [0.25, 0.3) is 0 Å². The first-order valence-electron chi connectivity index (χ1n) is 6.35. The van der Waals surface area contributed by atoms with Crippen LogP contribution in [0, 0.1) is 11.3 Å². The largest absolute Gasteiger partial charge is 0.314 e. The lowest BCUT2D eigenvalue weighted by Gasteiger charge is -2.19. The van der Waals surface area contributed by atoms with E-state index in [9.17, 15) is 0 Å². The van der Waals surface area contributed by atoms with Crippen molar-refractivity contribution in [3.8, 4) is 0 Å². The summed E-state index contributed by atoms with van der Waals surface area (Å²) in [5, 5.41) is 3.66. The molecular weight excluding hydrogens is 170 g/mol. The minimum absolute atomic E-state index is 0.624. The van der Waals surface area contributed by atoms with E-state index < -0.39 is 0 Å². The van der Waals surface area contributed by atoms with Crippen molar-refractivity contribution in [2.75, 3.05) is 6.54 Å². The topological polar surface area (TPSA) is 12.0 Å². The van der Waals surface area contributed by atoms with Crippen LogP contribution in [0.4, 0.5) is 0 Å². The first-order chi connectivity index (χ1) is 6.61. The van der Waals surface area contributed by atoms with Crippen molar-refractivity contribution in [3.05, 3.63) is 0 Å². The smallest absolute Gasteiger partial charge is 0.0100 e. The van der Waals surface area contributed by atoms with E-state index in [1.807, 2.05) is 0 Å². The lowest BCUT2D eigenvalue weighted by Crippen LogP contribution is -2.32. The fraction of sp³-hybridized carbons (Fsp3) is 1.00. The van der Waals surface area contributed by atoms with Gasteiger partial charge in [-0.25, -0.2) is 0 Å². The summed E-state index contributed by atoms with van der Waals surface area (Å²) in [6.45, 7) is 10.4. The van der Waals surface area contributed by atoms with E-state index in [4.69, 9.17) is 0 Å². The zero-order valence-electron chi connectivity index (χ0n) is 10.4. The second kappa shape index (κ2) is 5.16. The molecule has 1 aliphatic carbocycles. The van der Waals surface area contributed by atoms with Crippen LogP contribution in [0.15, 0.2) is 0 Å². The van der Waals surface area contributed by atoms with Crippen molar-refractivity contribution in [2.45, 2.75) is 65.8 Å². The van der Waals surface area contributed by atoms with Gasteiger partial charge in [-0.2, -0.15) is 0 Å². The number of hydrogen-bond acceptors (Lipinski definition) is 1. The molecular formula is C13H27N. The van der Waals surface area contributed by atoms with Gasteiger partial charge in [-0.3, -0.25) is 0 Å². The van der Waals surface area contributed by atoms with Crippen LogP contribution < -0.4 is 5.32 Å². The Morgan fingerprint density at radius 2 is 1.93 bits per heavy atom. The van der Waals surface area contributed by atoms with Crippen molar-refractivity contribution in [2.24, 2.45) is 11.3 Å². The highest BCUT2D eigenvalue weighted by Crippen LogP contribution is 2.54. The van der Waals surface area contributed by atoms with Crippen molar-refractivity contribution >= 4 is 0 Å². The van der Waals surface area contributed by atoms with Crippen molar-refractivity contribution < 1.29 is 0 Å². The second-order valence-corrected chi connectivity index (χ2v) is 5.46. The minimum Gasteiger partial charge on any atom is -0.314 e. The summed E-state index contributed by atoms with van der Waals surface area (Å²) in [6, 6.07) is 0.793. The van der Waals surface area contributed by atoms with E-state index in [1.165, 1.54) is 32.1 Å². The fourth-order valence-electron chi connectivity index (χ4n) is 2.52. The highest BCUT2D eigenvalue weighted by molar-refractivity contribution is 5.01. The summed E-state index contributed by atoms with van der Waals surface area (Å²) >= 11 is 0. The molecule has 0 aromatic rings. The van der Waals surface area contributed by atoms with Crippen LogP contribution in [-0.4, -0.2) is 12.6 Å². The van der Waals surface area contributed by atoms with Gasteiger partial charge in [0.2, 0.25) is 0 Å². The van der Waals surface area contributed by atoms with Gasteiger partial charge in [0.15, 0.2) is 0 Å². The Morgan fingerprint density at radius 3 is 2.36 bits per heavy atom. The number of hydrogen-bond donors (Lipinski definition) is 1. The molecule has 0 spiro atoms. The molecule has 0 radical (unpaired) electrons. The molecule has 1 saturated carbocycles. The Bertz CT molecular complexity index is 163. The molecule has 1 aliphatic rings. The van der Waals surface area contributed by atoms with Gasteiger partial charge in [-0.05, 0) is 30.7 Å². The predicted octanol–water partition coefficient (Wildman–Crippen LogP) is 3.59. The third-order valence-electron chi connectivity index (χ3n) is 3.66. The van der Waals surface area contributed by atoms with Crippen molar-refractivity contribution in [1.29, 1.82) is 0 Å². The average Bonchev–Trinajstić information content (AvgIpc) is 2.74. The summed E-state index contributed by atoms with van der Waals surface area (Å²) < 4.78 is 0. The Labute approximate surface area is 89.7 Å². The van der Waals surface area contributed by atoms with Gasteiger partial charge in [0.05, 0.1) is 0 Å². The lowest BCUT2D eigenvalue weighted by atomic mass is 9.98. The molecule has 1 fully saturated rings. The normalized spacial score (nSPS) is 26.1. The SMILES string of the molecule is CCCCCC(NCC)C1CC1(C)C. The molecule has 0 heterocycles. The molecule has 1 N–H and O–H groups in total. The Balaban J connectivity index is 2.26. The van der Waals surface area contributed by atoms with E-state index in [2.05, 4.69) is 33.0 Å². The van der Waals surface area contributed by atoms with Gasteiger partial charge < -0.3 is 5.32 Å². The van der Waals surface area contributed by atoms with Crippen LogP contribution in [0.2, 0.25) is 0 Å². The van der Waals surface area contributed by atoms with Crippen molar-refractivity contribution in [3.63, 3.8) is 0 Å². The Hall–Kier alpha value is -0.0400. The van der Waals surface area contributed by atoms with Crippen LogP contribution in [-0.2, 0) is 0 Å². The number of unbranched alkanes of at least 4 members (excludes halogenated alkanes) is 2. The molecule has 0 amide bonds. The quantitative estimate of drug-likeness (QED) is 0.615. The van der Waals surface area contributed by atoms with Gasteiger partial charge in [-0.15, -0.1) is 0 Å². The van der Waals surface area contributed by atoms with E-state index in [0.29, 0.717) is 5.41 Å². The third-order valence-corrected chi connectivity index (χ3v) is 3.66. The van der Waals surface area contributed by atoms with Gasteiger partial charge in [0.1, 0.15) is 0 Å². The van der Waals surface area contributed by atoms with E-state index >= 15 is 0 Å². The summed E-state index contributed by atoms with van der Waals surface area (Å²) in [4.78, 5) is 0. The van der Waals surface area contributed by atoms with E-state index in [1.54, 1.807) is 0 Å². The maximum Gasteiger partial charge on any atom is 0.0100 e. The molecule has 2 unspecified atom stereocenters. The molecule has 1 nitrogen and oxygen atoms in total. The number of rotatable bonds is 7. The fourth-order valence-corrected chi connectivity index (χ4v) is 2.52. The average molecular weight is 197 g/mol. The summed E-state index contributed by atoms with van der Waals surface area (Å²) in [7, 11) is 0. The molecule has 1 heteroatoms. The molecule has 84 valence electrons. The van der Waals surface area contributed by atoms with Crippen LogP contribution >= 0.6 is 0 Å². The summed E-state index contributed by atoms with van der Waals surface area (Å²) in [5.41, 5.74) is 0.624. The second-order valence-electron chi connectivity index (χ2n) is 5.46. The molecule has 1 rings (SSSR count). The maximum atomic E-state index is 3.66. The highest BCUT2D eigenvalue weighted by Gasteiger charge is 2.49. The molecule has 0 aliphatic heterocycles. The molecule has 0 aromatic carbocycles. The lowest BCUT2D eigenvalue weighted by molar-refractivity contribution is 0.380. The monoisotopic (exact) mass is 197 g/mol. The summed E-state index contributed by atoms with van der Waals surface area (Å²) in [5.74, 6) is 0.944. The minimum atomic E-state index is 0.624. The zero-order chi connectivity index (χ0) is 10.6. The van der Waals surface area contributed by atoms with E-state index in [0.717, 1.165) is 18.5 Å². The predicted molar refractivity (Wildman–Crippen MR) is 63.5 cm³/mol. The van der Waals surface area contributed by atoms with Crippen LogP contribution in [0.5, 0.6) is 0 Å². The van der Waals surface area contributed by atoms with Gasteiger partial charge in [0.25, 0.3) is 0 Å². The molecule has 2 atom stereocenters. The summed E-state index contributed by atoms with van der Waals surface area (Å²) in [6.07, 6.45) is 6.95. The molecule has 0 saturated heterocycles. The Morgan fingerprint density at radius 1 is 1.29 bits per heavy atom. The number of nitrogens with one attached hydrogen (secondary N) is 1. The zero-order valence-corrected chi connectivity index (χ0v) is 10.4. The first kappa shape index (κ1) is 12.0. The molecule has 14 heavy (non-hydrogen) atoms. The van der Waals surface area contributed by atoms with Crippen LogP contribution in [0.1, 0.15) is 59.8 Å². The maximum absolute atomic E-state index is 3.66.